The van der Waals surface area contributed by atoms with E-state index in [1.807, 2.05) is 58.9 Å². The van der Waals surface area contributed by atoms with Gasteiger partial charge in [0.15, 0.2) is 11.5 Å². The van der Waals surface area contributed by atoms with Crippen molar-refractivity contribution in [2.45, 2.75) is 52.6 Å². The minimum Gasteiger partial charge on any atom is -0.457 e. The number of aryl methyl sites for hydroxylation is 2. The standard InChI is InChI=1S/C28H33NO5/c1-18-6-10-20(11-7-18)26(31)33-24-15-14-22(23(30)17-29-28(3,4)5)16-25(24)34-27(32)21-12-8-19(2)9-13-21/h6-16,23,26,29-31H,17H2,1-5H3. The van der Waals surface area contributed by atoms with Gasteiger partial charge in [0.1, 0.15) is 0 Å². The lowest BCUT2D eigenvalue weighted by atomic mass is 10.1. The summed E-state index contributed by atoms with van der Waals surface area (Å²) in [7, 11) is 0. The van der Waals surface area contributed by atoms with Crippen molar-refractivity contribution in [1.29, 1.82) is 0 Å². The van der Waals surface area contributed by atoms with E-state index >= 15 is 0 Å². The fourth-order valence-corrected chi connectivity index (χ4v) is 3.20. The Labute approximate surface area is 201 Å². The van der Waals surface area contributed by atoms with E-state index < -0.39 is 18.4 Å². The summed E-state index contributed by atoms with van der Waals surface area (Å²) >= 11 is 0. The van der Waals surface area contributed by atoms with Crippen LogP contribution in [0.15, 0.2) is 66.7 Å². The zero-order valence-electron chi connectivity index (χ0n) is 20.3. The van der Waals surface area contributed by atoms with Crippen LogP contribution in [-0.2, 0) is 0 Å². The Hall–Kier alpha value is -3.19. The van der Waals surface area contributed by atoms with E-state index in [0.717, 1.165) is 11.1 Å². The van der Waals surface area contributed by atoms with Gasteiger partial charge in [0.2, 0.25) is 6.29 Å². The van der Waals surface area contributed by atoms with E-state index in [2.05, 4.69) is 5.32 Å². The highest BCUT2D eigenvalue weighted by atomic mass is 16.6. The smallest absolute Gasteiger partial charge is 0.343 e. The fourth-order valence-electron chi connectivity index (χ4n) is 3.20. The molecule has 3 aromatic carbocycles. The minimum atomic E-state index is -1.25. The number of ether oxygens (including phenoxy) is 2. The number of nitrogens with one attached hydrogen (secondary N) is 1. The van der Waals surface area contributed by atoms with Gasteiger partial charge in [0.25, 0.3) is 0 Å². The lowest BCUT2D eigenvalue weighted by Gasteiger charge is -2.23. The van der Waals surface area contributed by atoms with Gasteiger partial charge in [0, 0.05) is 17.6 Å². The van der Waals surface area contributed by atoms with E-state index in [4.69, 9.17) is 9.47 Å². The Morgan fingerprint density at radius 3 is 2.00 bits per heavy atom. The van der Waals surface area contributed by atoms with Gasteiger partial charge >= 0.3 is 5.97 Å². The molecule has 0 aliphatic heterocycles. The molecule has 3 aromatic rings. The summed E-state index contributed by atoms with van der Waals surface area (Å²) in [5.74, 6) is -0.258. The summed E-state index contributed by atoms with van der Waals surface area (Å²) in [6.07, 6.45) is -2.08. The maximum absolute atomic E-state index is 12.8. The molecule has 0 radical (unpaired) electrons. The molecule has 0 aromatic heterocycles. The van der Waals surface area contributed by atoms with Crippen LogP contribution in [0, 0.1) is 13.8 Å². The molecule has 6 nitrogen and oxygen atoms in total. The maximum atomic E-state index is 12.8. The van der Waals surface area contributed by atoms with E-state index in [-0.39, 0.29) is 17.0 Å². The summed E-state index contributed by atoms with van der Waals surface area (Å²) in [5, 5.41) is 24.5. The van der Waals surface area contributed by atoms with E-state index in [1.54, 1.807) is 42.5 Å². The van der Waals surface area contributed by atoms with Crippen molar-refractivity contribution >= 4 is 5.97 Å². The van der Waals surface area contributed by atoms with Crippen LogP contribution in [0.2, 0.25) is 0 Å². The lowest BCUT2D eigenvalue weighted by Crippen LogP contribution is -2.38. The molecule has 0 fully saturated rings. The first-order chi connectivity index (χ1) is 16.0. The SMILES string of the molecule is Cc1ccc(C(=O)Oc2cc(C(O)CNC(C)(C)C)ccc2OC(O)c2ccc(C)cc2)cc1. The molecule has 2 unspecified atom stereocenters. The summed E-state index contributed by atoms with van der Waals surface area (Å²) in [6, 6.07) is 19.2. The average molecular weight is 464 g/mol. The van der Waals surface area contributed by atoms with E-state index in [1.165, 1.54) is 0 Å². The van der Waals surface area contributed by atoms with Crippen LogP contribution in [0.1, 0.15) is 65.8 Å². The first kappa shape index (κ1) is 25.4. The first-order valence-electron chi connectivity index (χ1n) is 11.3. The topological polar surface area (TPSA) is 88.0 Å². The molecule has 6 heteroatoms. The molecule has 3 N–H and O–H groups in total. The Morgan fingerprint density at radius 2 is 1.41 bits per heavy atom. The van der Waals surface area contributed by atoms with Gasteiger partial charge in [0.05, 0.1) is 11.7 Å². The van der Waals surface area contributed by atoms with Crippen molar-refractivity contribution in [3.63, 3.8) is 0 Å². The predicted molar refractivity (Wildman–Crippen MR) is 132 cm³/mol. The largest absolute Gasteiger partial charge is 0.457 e. The molecule has 0 saturated heterocycles. The van der Waals surface area contributed by atoms with Crippen LogP contribution >= 0.6 is 0 Å². The van der Waals surface area contributed by atoms with Gasteiger partial charge in [-0.3, -0.25) is 0 Å². The molecular weight excluding hydrogens is 430 g/mol. The van der Waals surface area contributed by atoms with Gasteiger partial charge in [-0.15, -0.1) is 0 Å². The van der Waals surface area contributed by atoms with Crippen molar-refractivity contribution < 1.29 is 24.5 Å². The molecule has 0 bridgehead atoms. The van der Waals surface area contributed by atoms with Crippen LogP contribution in [0.4, 0.5) is 0 Å². The number of aliphatic hydroxyl groups excluding tert-OH is 2. The monoisotopic (exact) mass is 463 g/mol. The number of aliphatic hydroxyl groups is 2. The number of carbonyl (C=O) groups is 1. The summed E-state index contributed by atoms with van der Waals surface area (Å²) in [6.45, 7) is 10.2. The summed E-state index contributed by atoms with van der Waals surface area (Å²) in [4.78, 5) is 12.8. The van der Waals surface area contributed by atoms with Crippen LogP contribution in [0.25, 0.3) is 0 Å². The zero-order valence-corrected chi connectivity index (χ0v) is 20.3. The van der Waals surface area contributed by atoms with Crippen LogP contribution in [-0.4, -0.2) is 28.3 Å². The second-order valence-electron chi connectivity index (χ2n) is 9.49. The molecule has 3 rings (SSSR count). The second kappa shape index (κ2) is 10.8. The highest BCUT2D eigenvalue weighted by Crippen LogP contribution is 2.34. The Kier molecular flexibility index (Phi) is 8.10. The van der Waals surface area contributed by atoms with Crippen molar-refractivity contribution in [2.24, 2.45) is 0 Å². The van der Waals surface area contributed by atoms with Gasteiger partial charge in [-0.1, -0.05) is 53.6 Å². The quantitative estimate of drug-likeness (QED) is 0.247. The number of benzene rings is 3. The molecule has 0 aliphatic carbocycles. The van der Waals surface area contributed by atoms with Gasteiger partial charge < -0.3 is 25.0 Å². The van der Waals surface area contributed by atoms with Gasteiger partial charge in [-0.25, -0.2) is 4.79 Å². The maximum Gasteiger partial charge on any atom is 0.343 e. The van der Waals surface area contributed by atoms with Crippen LogP contribution in [0.3, 0.4) is 0 Å². The number of hydrogen-bond acceptors (Lipinski definition) is 6. The van der Waals surface area contributed by atoms with Crippen LogP contribution in [0.5, 0.6) is 11.5 Å². The molecular formula is C28H33NO5. The predicted octanol–water partition coefficient (Wildman–Crippen LogP) is 5.01. The third-order valence-corrected chi connectivity index (χ3v) is 5.27. The van der Waals surface area contributed by atoms with E-state index in [0.29, 0.717) is 23.2 Å². The molecule has 0 saturated carbocycles. The Morgan fingerprint density at radius 1 is 0.853 bits per heavy atom. The fraction of sp³-hybridized carbons (Fsp3) is 0.321. The Balaban J connectivity index is 1.87. The zero-order chi connectivity index (χ0) is 24.9. The number of esters is 1. The van der Waals surface area contributed by atoms with Crippen molar-refractivity contribution in [3.05, 3.63) is 94.5 Å². The van der Waals surface area contributed by atoms with E-state index in [9.17, 15) is 15.0 Å². The number of carbonyl (C=O) groups excluding carboxylic acids is 1. The molecule has 0 spiro atoms. The molecule has 0 amide bonds. The highest BCUT2D eigenvalue weighted by Gasteiger charge is 2.20. The number of hydrogen-bond donors (Lipinski definition) is 3. The summed E-state index contributed by atoms with van der Waals surface area (Å²) in [5.41, 5.74) is 3.43. The van der Waals surface area contributed by atoms with Gasteiger partial charge in [-0.05, 0) is 64.4 Å². The molecule has 2 atom stereocenters. The number of β-amino-alcohol motifs (C(OH)–C–C–N with tert-alkyl or cyclic N) is 1. The van der Waals surface area contributed by atoms with Crippen LogP contribution < -0.4 is 14.8 Å². The average Bonchev–Trinajstić information content (AvgIpc) is 2.79. The third kappa shape index (κ3) is 7.15. The second-order valence-corrected chi connectivity index (χ2v) is 9.49. The third-order valence-electron chi connectivity index (χ3n) is 5.27. The lowest BCUT2D eigenvalue weighted by molar-refractivity contribution is -0.0212. The molecule has 0 heterocycles. The van der Waals surface area contributed by atoms with Crippen molar-refractivity contribution in [3.8, 4) is 11.5 Å². The minimum absolute atomic E-state index is 0.115. The normalized spacial score (nSPS) is 13.3. The van der Waals surface area contributed by atoms with Crippen molar-refractivity contribution in [2.75, 3.05) is 6.54 Å². The highest BCUT2D eigenvalue weighted by molar-refractivity contribution is 5.91. The summed E-state index contributed by atoms with van der Waals surface area (Å²) < 4.78 is 11.4. The number of rotatable bonds is 8. The first-order valence-corrected chi connectivity index (χ1v) is 11.3. The van der Waals surface area contributed by atoms with Crippen molar-refractivity contribution in [1.82, 2.24) is 5.32 Å². The molecule has 0 aliphatic rings. The molecule has 34 heavy (non-hydrogen) atoms. The Bertz CT molecular complexity index is 1100. The molecule has 180 valence electrons. The van der Waals surface area contributed by atoms with Gasteiger partial charge in [-0.2, -0.15) is 0 Å².